The minimum atomic E-state index is -0.353. The molecule has 0 radical (unpaired) electrons. The summed E-state index contributed by atoms with van der Waals surface area (Å²) in [7, 11) is 3.03. The molecule has 0 aliphatic carbocycles. The number of carbonyl (C=O) groups excluding carboxylic acids is 1. The van der Waals surface area contributed by atoms with Gasteiger partial charge >= 0.3 is 0 Å². The van der Waals surface area contributed by atoms with Gasteiger partial charge in [0.05, 0.1) is 20.0 Å². The van der Waals surface area contributed by atoms with Crippen LogP contribution in [0.2, 0.25) is 0 Å². The Labute approximate surface area is 130 Å². The Morgan fingerprint density at radius 3 is 2.64 bits per heavy atom. The van der Waals surface area contributed by atoms with Gasteiger partial charge in [0.1, 0.15) is 5.82 Å². The number of anilines is 1. The predicted molar refractivity (Wildman–Crippen MR) is 83.9 cm³/mol. The number of benzene rings is 1. The van der Waals surface area contributed by atoms with Crippen molar-refractivity contribution in [3.63, 3.8) is 0 Å². The maximum absolute atomic E-state index is 12.2. The van der Waals surface area contributed by atoms with Gasteiger partial charge in [-0.1, -0.05) is 11.8 Å². The van der Waals surface area contributed by atoms with Crippen molar-refractivity contribution in [2.45, 2.75) is 5.16 Å². The molecule has 7 nitrogen and oxygen atoms in total. The molecule has 0 spiro atoms. The number of ether oxygens (including phenoxy) is 2. The highest BCUT2D eigenvalue weighted by atomic mass is 32.2. The second kappa shape index (κ2) is 6.99. The van der Waals surface area contributed by atoms with Crippen LogP contribution in [-0.4, -0.2) is 35.7 Å². The summed E-state index contributed by atoms with van der Waals surface area (Å²) in [6, 6.07) is 6.11. The number of aromatic amines is 1. The van der Waals surface area contributed by atoms with E-state index in [9.17, 15) is 9.59 Å². The zero-order chi connectivity index (χ0) is 16.1. The van der Waals surface area contributed by atoms with Crippen molar-refractivity contribution in [3.05, 3.63) is 40.2 Å². The van der Waals surface area contributed by atoms with Crippen molar-refractivity contribution < 1.29 is 14.3 Å². The van der Waals surface area contributed by atoms with Crippen LogP contribution in [0.5, 0.6) is 11.5 Å². The molecular formula is C14H15N3O4S. The summed E-state index contributed by atoms with van der Waals surface area (Å²) in [4.78, 5) is 29.9. The molecule has 0 saturated heterocycles. The summed E-state index contributed by atoms with van der Waals surface area (Å²) in [5.74, 6) is 1.13. The number of thioether (sulfide) groups is 1. The fourth-order valence-electron chi connectivity index (χ4n) is 1.75. The molecule has 3 N–H and O–H groups in total. The Kier molecular flexibility index (Phi) is 5.05. The van der Waals surface area contributed by atoms with E-state index in [1.54, 1.807) is 18.2 Å². The first-order valence-electron chi connectivity index (χ1n) is 6.28. The number of H-pyrrole nitrogens is 1. The molecule has 0 bridgehead atoms. The number of hydrogen-bond acceptors (Lipinski definition) is 7. The van der Waals surface area contributed by atoms with Gasteiger partial charge in [0.25, 0.3) is 5.56 Å². The SMILES string of the molecule is COc1ccc(C(=O)CSc2nc(N)cc(=O)[nH]2)cc1OC. The monoisotopic (exact) mass is 321 g/mol. The minimum Gasteiger partial charge on any atom is -0.493 e. The Morgan fingerprint density at radius 2 is 2.00 bits per heavy atom. The van der Waals surface area contributed by atoms with Crippen molar-refractivity contribution in [2.24, 2.45) is 0 Å². The van der Waals surface area contributed by atoms with Gasteiger partial charge in [0.15, 0.2) is 22.4 Å². The Morgan fingerprint density at radius 1 is 1.27 bits per heavy atom. The predicted octanol–water partition coefficient (Wildman–Crippen LogP) is 1.34. The van der Waals surface area contributed by atoms with Gasteiger partial charge in [-0.25, -0.2) is 4.98 Å². The third-order valence-corrected chi connectivity index (χ3v) is 3.66. The van der Waals surface area contributed by atoms with E-state index in [1.165, 1.54) is 20.3 Å². The van der Waals surface area contributed by atoms with Crippen LogP contribution < -0.4 is 20.8 Å². The van der Waals surface area contributed by atoms with Crippen molar-refractivity contribution in [2.75, 3.05) is 25.7 Å². The molecule has 0 aliphatic rings. The number of nitrogens with zero attached hydrogens (tertiary/aromatic N) is 1. The summed E-state index contributed by atoms with van der Waals surface area (Å²) in [5.41, 5.74) is 5.62. The average molecular weight is 321 g/mol. The number of nitrogen functional groups attached to an aromatic ring is 1. The van der Waals surface area contributed by atoms with Crippen LogP contribution in [0, 0.1) is 0 Å². The van der Waals surface area contributed by atoms with E-state index >= 15 is 0 Å². The van der Waals surface area contributed by atoms with Crippen LogP contribution in [0.1, 0.15) is 10.4 Å². The number of nitrogens with one attached hydrogen (secondary N) is 1. The van der Waals surface area contributed by atoms with E-state index in [-0.39, 0.29) is 22.9 Å². The van der Waals surface area contributed by atoms with Gasteiger partial charge in [-0.3, -0.25) is 9.59 Å². The van der Waals surface area contributed by atoms with Crippen molar-refractivity contribution in [1.29, 1.82) is 0 Å². The molecule has 2 aromatic rings. The lowest BCUT2D eigenvalue weighted by atomic mass is 10.1. The topological polar surface area (TPSA) is 107 Å². The highest BCUT2D eigenvalue weighted by Gasteiger charge is 2.12. The van der Waals surface area contributed by atoms with E-state index in [2.05, 4.69) is 9.97 Å². The molecule has 0 amide bonds. The van der Waals surface area contributed by atoms with Crippen LogP contribution >= 0.6 is 11.8 Å². The fourth-order valence-corrected chi connectivity index (χ4v) is 2.53. The second-order valence-electron chi connectivity index (χ2n) is 4.26. The van der Waals surface area contributed by atoms with Crippen LogP contribution in [0.3, 0.4) is 0 Å². The summed E-state index contributed by atoms with van der Waals surface area (Å²) in [6.07, 6.45) is 0. The quantitative estimate of drug-likeness (QED) is 0.469. The largest absolute Gasteiger partial charge is 0.493 e. The third-order valence-electron chi connectivity index (χ3n) is 2.79. The first-order valence-corrected chi connectivity index (χ1v) is 7.27. The van der Waals surface area contributed by atoms with Gasteiger partial charge in [-0.15, -0.1) is 0 Å². The average Bonchev–Trinajstić information content (AvgIpc) is 2.51. The lowest BCUT2D eigenvalue weighted by Crippen LogP contribution is -2.11. The number of methoxy groups -OCH3 is 2. The maximum Gasteiger partial charge on any atom is 0.253 e. The Hall–Kier alpha value is -2.48. The first kappa shape index (κ1) is 15.9. The molecule has 8 heteroatoms. The number of ketones is 1. The summed E-state index contributed by atoms with van der Waals surface area (Å²) >= 11 is 1.11. The maximum atomic E-state index is 12.2. The van der Waals surface area contributed by atoms with E-state index in [0.717, 1.165) is 11.8 Å². The molecule has 2 rings (SSSR count). The van der Waals surface area contributed by atoms with Crippen LogP contribution in [0.25, 0.3) is 0 Å². The van der Waals surface area contributed by atoms with Gasteiger partial charge in [0, 0.05) is 11.6 Å². The number of nitrogens with two attached hydrogens (primary N) is 1. The minimum absolute atomic E-state index is 0.113. The Balaban J connectivity index is 2.10. The molecule has 22 heavy (non-hydrogen) atoms. The van der Waals surface area contributed by atoms with Gasteiger partial charge < -0.3 is 20.2 Å². The number of Topliss-reactive ketones (excluding diaryl/α,β-unsaturated/α-hetero) is 1. The summed E-state index contributed by atoms with van der Waals surface area (Å²) in [6.45, 7) is 0. The normalized spacial score (nSPS) is 10.3. The van der Waals surface area contributed by atoms with E-state index in [4.69, 9.17) is 15.2 Å². The zero-order valence-electron chi connectivity index (χ0n) is 12.1. The molecule has 0 saturated carbocycles. The molecular weight excluding hydrogens is 306 g/mol. The fraction of sp³-hybridized carbons (Fsp3) is 0.214. The number of hydrogen-bond donors (Lipinski definition) is 2. The van der Waals surface area contributed by atoms with Crippen molar-refractivity contribution in [1.82, 2.24) is 9.97 Å². The lowest BCUT2D eigenvalue weighted by Gasteiger charge is -2.09. The molecule has 0 atom stereocenters. The summed E-state index contributed by atoms with van der Waals surface area (Å²) < 4.78 is 10.3. The number of aromatic nitrogens is 2. The first-order chi connectivity index (χ1) is 10.5. The van der Waals surface area contributed by atoms with E-state index in [0.29, 0.717) is 22.2 Å². The van der Waals surface area contributed by atoms with Gasteiger partial charge in [-0.2, -0.15) is 0 Å². The smallest absolute Gasteiger partial charge is 0.253 e. The molecule has 0 fully saturated rings. The Bertz CT molecular complexity index is 745. The standard InChI is InChI=1S/C14H15N3O4S/c1-20-10-4-3-8(5-11(10)21-2)9(18)7-22-14-16-12(15)6-13(19)17-14/h3-6H,7H2,1-2H3,(H3,15,16,17,19). The van der Waals surface area contributed by atoms with Gasteiger partial charge in [0.2, 0.25) is 0 Å². The van der Waals surface area contributed by atoms with Crippen LogP contribution in [-0.2, 0) is 0 Å². The molecule has 0 unspecified atom stereocenters. The number of carbonyl (C=O) groups is 1. The van der Waals surface area contributed by atoms with Crippen molar-refractivity contribution in [3.8, 4) is 11.5 Å². The summed E-state index contributed by atoms with van der Waals surface area (Å²) in [5, 5.41) is 0.304. The lowest BCUT2D eigenvalue weighted by molar-refractivity contribution is 0.102. The highest BCUT2D eigenvalue weighted by molar-refractivity contribution is 7.99. The van der Waals surface area contributed by atoms with Crippen LogP contribution in [0.4, 0.5) is 5.82 Å². The molecule has 1 aromatic carbocycles. The molecule has 116 valence electrons. The van der Waals surface area contributed by atoms with Crippen molar-refractivity contribution >= 4 is 23.4 Å². The molecule has 1 aromatic heterocycles. The second-order valence-corrected chi connectivity index (χ2v) is 5.22. The van der Waals surface area contributed by atoms with Gasteiger partial charge in [-0.05, 0) is 18.2 Å². The van der Waals surface area contributed by atoms with E-state index < -0.39 is 0 Å². The van der Waals surface area contributed by atoms with Crippen LogP contribution in [0.15, 0.2) is 34.2 Å². The highest BCUT2D eigenvalue weighted by Crippen LogP contribution is 2.28. The van der Waals surface area contributed by atoms with E-state index in [1.807, 2.05) is 0 Å². The number of rotatable bonds is 6. The zero-order valence-corrected chi connectivity index (χ0v) is 12.9. The molecule has 1 heterocycles. The third kappa shape index (κ3) is 3.79. The molecule has 0 aliphatic heterocycles.